The molecule has 1 heterocycles. The van der Waals surface area contributed by atoms with Crippen LogP contribution in [0.25, 0.3) is 10.8 Å². The minimum atomic E-state index is -0.0707. The first-order valence-corrected chi connectivity index (χ1v) is 8.10. The first-order valence-electron chi connectivity index (χ1n) is 8.10. The lowest BCUT2D eigenvalue weighted by Crippen LogP contribution is -2.61. The number of amides is 2. The topological polar surface area (TPSA) is 52.9 Å². The van der Waals surface area contributed by atoms with Crippen LogP contribution in [0.2, 0.25) is 0 Å². The zero-order valence-electron chi connectivity index (χ0n) is 13.6. The molecule has 3 atom stereocenters. The summed E-state index contributed by atoms with van der Waals surface area (Å²) < 4.78 is 0.285. The number of benzene rings is 2. The fraction of sp³-hybridized carbons (Fsp3) is 0.368. The summed E-state index contributed by atoms with van der Waals surface area (Å²) in [6, 6.07) is 16.6. The summed E-state index contributed by atoms with van der Waals surface area (Å²) in [5.74, 6) is 0.476. The number of hydrogen-bond acceptors (Lipinski definition) is 2. The summed E-state index contributed by atoms with van der Waals surface area (Å²) in [4.78, 5) is 12.9. The van der Waals surface area contributed by atoms with Crippen molar-refractivity contribution in [2.45, 2.75) is 26.3 Å². The highest BCUT2D eigenvalue weighted by Crippen LogP contribution is 2.38. The molecular weight excluding hydrogens is 286 g/mol. The summed E-state index contributed by atoms with van der Waals surface area (Å²) in [6.07, 6.45) is 1.01. The number of urea groups is 1. The predicted octanol–water partition coefficient (Wildman–Crippen LogP) is 3.81. The van der Waals surface area contributed by atoms with E-state index in [4.69, 9.17) is 5.26 Å². The number of nitrogens with one attached hydrogen (secondary N) is 1. The molecule has 0 radical (unpaired) electrons. The first-order chi connectivity index (χ1) is 11.1. The Labute approximate surface area is 136 Å². The number of quaternary nitrogens is 1. The molecule has 0 spiro atoms. The average Bonchev–Trinajstić information content (AvgIpc) is 2.87. The molecule has 23 heavy (non-hydrogen) atoms. The van der Waals surface area contributed by atoms with Crippen LogP contribution in [0.5, 0.6) is 0 Å². The molecular formula is C19H22N3O+. The van der Waals surface area contributed by atoms with E-state index in [1.54, 1.807) is 0 Å². The summed E-state index contributed by atoms with van der Waals surface area (Å²) in [6.45, 7) is 5.14. The predicted molar refractivity (Wildman–Crippen MR) is 92.9 cm³/mol. The van der Waals surface area contributed by atoms with Gasteiger partial charge < -0.3 is 0 Å². The monoisotopic (exact) mass is 308 g/mol. The normalized spacial score (nSPS) is 26.8. The number of nitriles is 1. The standard InChI is InChI=1S/C19H21N3O/c1-14-11-15(2)22(13-14,19(23)21-10-9-20)18-8-7-16-5-3-4-6-17(16)12-18/h3-8,12,14-15H,10-11,13H2,1-2H3/p+1/t14-,15?,22?/m0/s1. The van der Waals surface area contributed by atoms with Gasteiger partial charge in [0, 0.05) is 24.5 Å². The minimum Gasteiger partial charge on any atom is -0.292 e. The van der Waals surface area contributed by atoms with Gasteiger partial charge in [-0.2, -0.15) is 5.26 Å². The largest absolute Gasteiger partial charge is 0.422 e. The van der Waals surface area contributed by atoms with E-state index >= 15 is 0 Å². The summed E-state index contributed by atoms with van der Waals surface area (Å²) in [7, 11) is 0. The van der Waals surface area contributed by atoms with Crippen molar-refractivity contribution in [3.05, 3.63) is 42.5 Å². The van der Waals surface area contributed by atoms with Crippen LogP contribution >= 0.6 is 0 Å². The molecule has 1 fully saturated rings. The second-order valence-electron chi connectivity index (χ2n) is 6.59. The number of carbonyl (C=O) groups is 1. The van der Waals surface area contributed by atoms with E-state index in [0.717, 1.165) is 24.0 Å². The Morgan fingerprint density at radius 3 is 2.65 bits per heavy atom. The van der Waals surface area contributed by atoms with E-state index in [0.29, 0.717) is 5.92 Å². The number of carbonyl (C=O) groups excluding carboxylic acids is 1. The number of likely N-dealkylation sites (tertiary alicyclic amines) is 1. The van der Waals surface area contributed by atoms with Crippen LogP contribution in [0.1, 0.15) is 20.3 Å². The third kappa shape index (κ3) is 2.58. The molecule has 1 aliphatic rings. The average molecular weight is 308 g/mol. The Kier molecular flexibility index (Phi) is 4.06. The van der Waals surface area contributed by atoms with Gasteiger partial charge in [0.15, 0.2) is 0 Å². The summed E-state index contributed by atoms with van der Waals surface area (Å²) in [5, 5.41) is 13.9. The van der Waals surface area contributed by atoms with Crippen LogP contribution in [0.3, 0.4) is 0 Å². The highest BCUT2D eigenvalue weighted by Gasteiger charge is 2.50. The molecule has 4 heteroatoms. The second kappa shape index (κ2) is 6.02. The Balaban J connectivity index is 2.10. The molecule has 2 amide bonds. The second-order valence-corrected chi connectivity index (χ2v) is 6.59. The lowest BCUT2D eigenvalue weighted by molar-refractivity contribution is 0.196. The molecule has 1 aliphatic heterocycles. The van der Waals surface area contributed by atoms with E-state index in [9.17, 15) is 4.79 Å². The number of hydrogen-bond donors (Lipinski definition) is 1. The van der Waals surface area contributed by atoms with Crippen molar-refractivity contribution in [3.63, 3.8) is 0 Å². The van der Waals surface area contributed by atoms with Gasteiger partial charge in [0.05, 0.1) is 18.7 Å². The number of fused-ring (bicyclic) bond motifs is 1. The molecule has 0 aromatic heterocycles. The Hall–Kier alpha value is -2.38. The van der Waals surface area contributed by atoms with Gasteiger partial charge in [-0.05, 0) is 23.8 Å². The molecule has 2 aromatic rings. The zero-order valence-corrected chi connectivity index (χ0v) is 13.6. The van der Waals surface area contributed by atoms with E-state index in [2.05, 4.69) is 49.5 Å². The van der Waals surface area contributed by atoms with Gasteiger partial charge in [0.1, 0.15) is 12.2 Å². The van der Waals surface area contributed by atoms with Crippen molar-refractivity contribution < 1.29 is 4.79 Å². The summed E-state index contributed by atoms with van der Waals surface area (Å²) in [5.41, 5.74) is 1.01. The molecule has 0 aliphatic carbocycles. The first kappa shape index (κ1) is 15.5. The van der Waals surface area contributed by atoms with E-state index in [-0.39, 0.29) is 23.1 Å². The Bertz CT molecular complexity index is 780. The van der Waals surface area contributed by atoms with Gasteiger partial charge in [-0.3, -0.25) is 5.32 Å². The molecule has 2 unspecified atom stereocenters. The minimum absolute atomic E-state index is 0.0491. The van der Waals surface area contributed by atoms with Gasteiger partial charge in [-0.1, -0.05) is 31.2 Å². The SMILES string of the molecule is CC1C[C@H](C)C[N+]1(C(=O)NCC#N)c1ccc2ccccc2c1. The van der Waals surface area contributed by atoms with Crippen LogP contribution in [0.15, 0.2) is 42.5 Å². The van der Waals surface area contributed by atoms with Gasteiger partial charge in [0.25, 0.3) is 0 Å². The van der Waals surface area contributed by atoms with Crippen LogP contribution in [0, 0.1) is 17.2 Å². The third-order valence-corrected chi connectivity index (χ3v) is 4.97. The van der Waals surface area contributed by atoms with Crippen LogP contribution < -0.4 is 9.80 Å². The van der Waals surface area contributed by atoms with Crippen molar-refractivity contribution >= 4 is 22.5 Å². The maximum atomic E-state index is 12.9. The maximum Gasteiger partial charge on any atom is 0.422 e. The fourth-order valence-corrected chi connectivity index (χ4v) is 3.95. The van der Waals surface area contributed by atoms with Gasteiger partial charge in [-0.25, -0.2) is 9.28 Å². The van der Waals surface area contributed by atoms with Crippen molar-refractivity contribution in [2.75, 3.05) is 13.1 Å². The molecule has 3 rings (SSSR count). The highest BCUT2D eigenvalue weighted by molar-refractivity contribution is 5.92. The fourth-order valence-electron chi connectivity index (χ4n) is 3.95. The van der Waals surface area contributed by atoms with Crippen molar-refractivity contribution in [3.8, 4) is 6.07 Å². The molecule has 1 saturated heterocycles. The van der Waals surface area contributed by atoms with Gasteiger partial charge in [0.2, 0.25) is 0 Å². The van der Waals surface area contributed by atoms with E-state index < -0.39 is 0 Å². The molecule has 4 nitrogen and oxygen atoms in total. The van der Waals surface area contributed by atoms with Gasteiger partial charge >= 0.3 is 6.03 Å². The zero-order chi connectivity index (χ0) is 16.4. The van der Waals surface area contributed by atoms with E-state index in [1.165, 1.54) is 5.39 Å². The van der Waals surface area contributed by atoms with Crippen LogP contribution in [0.4, 0.5) is 10.5 Å². The molecule has 0 bridgehead atoms. The van der Waals surface area contributed by atoms with Crippen LogP contribution in [-0.4, -0.2) is 25.2 Å². The van der Waals surface area contributed by atoms with Crippen molar-refractivity contribution in [1.82, 2.24) is 9.80 Å². The molecule has 1 N–H and O–H groups in total. The third-order valence-electron chi connectivity index (χ3n) is 4.97. The maximum absolute atomic E-state index is 12.9. The molecule has 2 aromatic carbocycles. The lowest BCUT2D eigenvalue weighted by atomic mass is 10.1. The lowest BCUT2D eigenvalue weighted by Gasteiger charge is -2.35. The smallest absolute Gasteiger partial charge is 0.292 e. The Morgan fingerprint density at radius 1 is 1.26 bits per heavy atom. The van der Waals surface area contributed by atoms with Crippen molar-refractivity contribution in [2.24, 2.45) is 5.92 Å². The quantitative estimate of drug-likeness (QED) is 0.677. The van der Waals surface area contributed by atoms with E-state index in [1.807, 2.05) is 18.2 Å². The highest BCUT2D eigenvalue weighted by atomic mass is 16.2. The van der Waals surface area contributed by atoms with Crippen molar-refractivity contribution in [1.29, 1.82) is 5.26 Å². The van der Waals surface area contributed by atoms with Crippen LogP contribution in [-0.2, 0) is 0 Å². The number of nitrogens with zero attached hydrogens (tertiary/aromatic N) is 2. The van der Waals surface area contributed by atoms with Gasteiger partial charge in [-0.15, -0.1) is 0 Å². The summed E-state index contributed by atoms with van der Waals surface area (Å²) >= 11 is 0. The Morgan fingerprint density at radius 2 is 2.00 bits per heavy atom. The number of rotatable bonds is 2. The molecule has 118 valence electrons. The molecule has 0 saturated carbocycles.